The van der Waals surface area contributed by atoms with Crippen molar-refractivity contribution in [3.05, 3.63) is 57.4 Å². The lowest BCUT2D eigenvalue weighted by Crippen LogP contribution is -2.20. The quantitative estimate of drug-likeness (QED) is 0.402. The number of aromatic hydroxyl groups is 1. The van der Waals surface area contributed by atoms with Gasteiger partial charge in [-0.1, -0.05) is 32.9 Å². The number of nitrogens with zero attached hydrogens (tertiary/aromatic N) is 2. The van der Waals surface area contributed by atoms with E-state index in [2.05, 4.69) is 4.90 Å². The molecule has 5 rings (SSSR count). The van der Waals surface area contributed by atoms with Crippen molar-refractivity contribution >= 4 is 32.5 Å². The first-order valence-electron chi connectivity index (χ1n) is 11.4. The SMILES string of the molecule is CCc1cc2c(=O)c(-c3nc4ccccc4s3)c(C(C)C)oc2c(CN2CCCC2)c1O. The number of benzene rings is 2. The lowest BCUT2D eigenvalue weighted by atomic mass is 9.98. The summed E-state index contributed by atoms with van der Waals surface area (Å²) in [6.07, 6.45) is 2.97. The molecule has 0 saturated carbocycles. The number of aryl methyl sites for hydroxylation is 1. The van der Waals surface area contributed by atoms with E-state index in [1.165, 1.54) is 11.3 Å². The molecule has 6 heteroatoms. The van der Waals surface area contributed by atoms with Gasteiger partial charge in [0.15, 0.2) is 0 Å². The highest BCUT2D eigenvalue weighted by molar-refractivity contribution is 7.21. The molecule has 1 N–H and O–H groups in total. The minimum atomic E-state index is -0.0635. The fourth-order valence-corrected chi connectivity index (χ4v) is 5.65. The van der Waals surface area contributed by atoms with Crippen LogP contribution < -0.4 is 5.43 Å². The van der Waals surface area contributed by atoms with Crippen LogP contribution in [0.3, 0.4) is 0 Å². The van der Waals surface area contributed by atoms with Crippen LogP contribution in [0.15, 0.2) is 39.5 Å². The van der Waals surface area contributed by atoms with E-state index in [1.54, 1.807) is 0 Å². The van der Waals surface area contributed by atoms with E-state index in [-0.39, 0.29) is 17.1 Å². The zero-order valence-electron chi connectivity index (χ0n) is 18.8. The molecule has 0 aliphatic carbocycles. The van der Waals surface area contributed by atoms with Crippen molar-refractivity contribution in [2.24, 2.45) is 0 Å². The zero-order chi connectivity index (χ0) is 22.4. The van der Waals surface area contributed by atoms with E-state index in [4.69, 9.17) is 9.40 Å². The second-order valence-electron chi connectivity index (χ2n) is 8.89. The smallest absolute Gasteiger partial charge is 0.203 e. The summed E-state index contributed by atoms with van der Waals surface area (Å²) in [5.74, 6) is 0.895. The molecular weight excluding hydrogens is 420 g/mol. The predicted molar refractivity (Wildman–Crippen MR) is 131 cm³/mol. The maximum absolute atomic E-state index is 13.9. The first kappa shape index (κ1) is 21.2. The first-order chi connectivity index (χ1) is 15.5. The minimum absolute atomic E-state index is 0.00161. The Balaban J connectivity index is 1.80. The summed E-state index contributed by atoms with van der Waals surface area (Å²) in [5.41, 5.74) is 3.41. The Morgan fingerprint density at radius 3 is 2.66 bits per heavy atom. The molecule has 0 radical (unpaired) electrons. The number of thiazole rings is 1. The number of fused-ring (bicyclic) bond motifs is 2. The van der Waals surface area contributed by atoms with Gasteiger partial charge in [-0.3, -0.25) is 9.69 Å². The normalized spacial score (nSPS) is 14.9. The largest absolute Gasteiger partial charge is 0.507 e. The Bertz CT molecular complexity index is 1330. The van der Waals surface area contributed by atoms with Crippen LogP contribution in [-0.2, 0) is 13.0 Å². The van der Waals surface area contributed by atoms with Gasteiger partial charge in [-0.2, -0.15) is 0 Å². The number of para-hydroxylation sites is 1. The molecule has 0 bridgehead atoms. The van der Waals surface area contributed by atoms with Gasteiger partial charge in [0.1, 0.15) is 22.1 Å². The van der Waals surface area contributed by atoms with Crippen LogP contribution in [0.25, 0.3) is 31.8 Å². The number of likely N-dealkylation sites (tertiary alicyclic amines) is 1. The van der Waals surface area contributed by atoms with Gasteiger partial charge in [-0.15, -0.1) is 11.3 Å². The number of hydrogen-bond acceptors (Lipinski definition) is 6. The maximum atomic E-state index is 13.9. The van der Waals surface area contributed by atoms with Gasteiger partial charge in [-0.05, 0) is 56.1 Å². The Morgan fingerprint density at radius 1 is 1.22 bits per heavy atom. The molecule has 32 heavy (non-hydrogen) atoms. The van der Waals surface area contributed by atoms with Crippen molar-refractivity contribution in [1.29, 1.82) is 0 Å². The molecule has 2 aromatic carbocycles. The van der Waals surface area contributed by atoms with Gasteiger partial charge < -0.3 is 9.52 Å². The topological polar surface area (TPSA) is 66.6 Å². The number of rotatable bonds is 5. The summed E-state index contributed by atoms with van der Waals surface area (Å²) in [7, 11) is 0. The minimum Gasteiger partial charge on any atom is -0.507 e. The lowest BCUT2D eigenvalue weighted by molar-refractivity contribution is 0.322. The Hall–Kier alpha value is -2.70. The molecular formula is C26H28N2O3S. The van der Waals surface area contributed by atoms with Gasteiger partial charge >= 0.3 is 0 Å². The van der Waals surface area contributed by atoms with Crippen LogP contribution in [0.4, 0.5) is 0 Å². The van der Waals surface area contributed by atoms with Crippen molar-refractivity contribution < 1.29 is 9.52 Å². The third-order valence-corrected chi connectivity index (χ3v) is 7.40. The molecule has 0 amide bonds. The monoisotopic (exact) mass is 448 g/mol. The summed E-state index contributed by atoms with van der Waals surface area (Å²) in [6.45, 7) is 8.66. The van der Waals surface area contributed by atoms with Gasteiger partial charge in [0.05, 0.1) is 26.7 Å². The Morgan fingerprint density at radius 2 is 1.97 bits per heavy atom. The van der Waals surface area contributed by atoms with E-state index >= 15 is 0 Å². The molecule has 1 fully saturated rings. The van der Waals surface area contributed by atoms with Crippen molar-refractivity contribution in [1.82, 2.24) is 9.88 Å². The van der Waals surface area contributed by atoms with Crippen LogP contribution >= 0.6 is 11.3 Å². The number of hydrogen-bond donors (Lipinski definition) is 1. The van der Waals surface area contributed by atoms with E-state index in [0.717, 1.165) is 47.3 Å². The molecule has 4 aromatic rings. The average molecular weight is 449 g/mol. The predicted octanol–water partition coefficient (Wildman–Crippen LogP) is 6.06. The van der Waals surface area contributed by atoms with Crippen molar-refractivity contribution in [2.45, 2.75) is 52.5 Å². The van der Waals surface area contributed by atoms with Gasteiger partial charge in [-0.25, -0.2) is 4.98 Å². The van der Waals surface area contributed by atoms with Gasteiger partial charge in [0.2, 0.25) is 5.43 Å². The zero-order valence-corrected chi connectivity index (χ0v) is 19.6. The van der Waals surface area contributed by atoms with Gasteiger partial charge in [0, 0.05) is 12.5 Å². The van der Waals surface area contributed by atoms with E-state index < -0.39 is 0 Å². The maximum Gasteiger partial charge on any atom is 0.203 e. The second kappa shape index (κ2) is 8.34. The molecule has 1 aliphatic heterocycles. The summed E-state index contributed by atoms with van der Waals surface area (Å²) in [4.78, 5) is 21.0. The van der Waals surface area contributed by atoms with E-state index in [1.807, 2.05) is 51.1 Å². The standard InChI is InChI=1S/C26H28N2O3S/c1-4-16-13-17-23(30)21(26-27-19-9-5-6-10-20(19)32-26)24(15(2)3)31-25(17)18(22(16)29)14-28-11-7-8-12-28/h5-6,9-10,13,15,29H,4,7-8,11-12,14H2,1-3H3. The van der Waals surface area contributed by atoms with Crippen LogP contribution in [0.5, 0.6) is 5.75 Å². The van der Waals surface area contributed by atoms with Crippen LogP contribution in [0.1, 0.15) is 56.4 Å². The molecule has 5 nitrogen and oxygen atoms in total. The highest BCUT2D eigenvalue weighted by Crippen LogP contribution is 2.38. The first-order valence-corrected chi connectivity index (χ1v) is 12.2. The van der Waals surface area contributed by atoms with Crippen molar-refractivity contribution in [2.75, 3.05) is 13.1 Å². The second-order valence-corrected chi connectivity index (χ2v) is 9.92. The highest BCUT2D eigenvalue weighted by atomic mass is 32.1. The fourth-order valence-electron chi connectivity index (χ4n) is 4.63. The van der Waals surface area contributed by atoms with E-state index in [0.29, 0.717) is 40.3 Å². The van der Waals surface area contributed by atoms with Crippen molar-refractivity contribution in [3.8, 4) is 16.3 Å². The number of aromatic nitrogens is 1. The average Bonchev–Trinajstić information content (AvgIpc) is 3.44. The summed E-state index contributed by atoms with van der Waals surface area (Å²) >= 11 is 1.52. The van der Waals surface area contributed by atoms with Crippen LogP contribution in [0, 0.1) is 0 Å². The Kier molecular flexibility index (Phi) is 5.51. The van der Waals surface area contributed by atoms with Crippen molar-refractivity contribution in [3.63, 3.8) is 0 Å². The molecule has 2 aromatic heterocycles. The molecule has 0 spiro atoms. The summed E-state index contributed by atoms with van der Waals surface area (Å²) in [5, 5.41) is 12.3. The Labute approximate surface area is 191 Å². The lowest BCUT2D eigenvalue weighted by Gasteiger charge is -2.20. The van der Waals surface area contributed by atoms with E-state index in [9.17, 15) is 9.90 Å². The molecule has 1 aliphatic rings. The van der Waals surface area contributed by atoms with Crippen LogP contribution in [-0.4, -0.2) is 28.1 Å². The number of phenolic OH excluding ortho intramolecular Hbond substituents is 1. The third kappa shape index (κ3) is 3.51. The summed E-state index contributed by atoms with van der Waals surface area (Å²) in [6, 6.07) is 9.74. The third-order valence-electron chi connectivity index (χ3n) is 6.35. The molecule has 0 unspecified atom stereocenters. The van der Waals surface area contributed by atoms with Gasteiger partial charge in [0.25, 0.3) is 0 Å². The molecule has 0 atom stereocenters. The summed E-state index contributed by atoms with van der Waals surface area (Å²) < 4.78 is 7.53. The van der Waals surface area contributed by atoms with Crippen LogP contribution in [0.2, 0.25) is 0 Å². The highest BCUT2D eigenvalue weighted by Gasteiger charge is 2.26. The number of phenols is 1. The fraction of sp³-hybridized carbons (Fsp3) is 0.385. The molecule has 166 valence electrons. The molecule has 1 saturated heterocycles. The molecule has 3 heterocycles.